The Morgan fingerprint density at radius 2 is 1.41 bits per heavy atom. The summed E-state index contributed by atoms with van der Waals surface area (Å²) in [6.07, 6.45) is 3.32. The molecule has 0 fully saturated rings. The number of nitrogen functional groups attached to an aromatic ring is 2. The highest BCUT2D eigenvalue weighted by Crippen LogP contribution is 2.24. The van der Waals surface area contributed by atoms with Crippen molar-refractivity contribution in [2.24, 2.45) is 21.5 Å². The first-order valence-corrected chi connectivity index (χ1v) is 8.73. The van der Waals surface area contributed by atoms with Gasteiger partial charge in [0.05, 0.1) is 16.7 Å². The number of nitrogens with two attached hydrogens (primary N) is 4. The Morgan fingerprint density at radius 3 is 2.10 bits per heavy atom. The molecule has 0 radical (unpaired) electrons. The first-order chi connectivity index (χ1) is 14.0. The smallest absolute Gasteiger partial charge is 0.223 e. The third kappa shape index (κ3) is 3.83. The van der Waals surface area contributed by atoms with Crippen molar-refractivity contribution in [3.05, 3.63) is 60.9 Å². The minimum Gasteiger partial charge on any atom is -0.398 e. The van der Waals surface area contributed by atoms with E-state index in [9.17, 15) is 0 Å². The number of hydrogen-bond acceptors (Lipinski definition) is 5. The van der Waals surface area contributed by atoms with Crippen LogP contribution in [0.4, 0.5) is 22.7 Å². The molecule has 9 nitrogen and oxygen atoms in total. The lowest BCUT2D eigenvalue weighted by molar-refractivity contribution is 1.38. The van der Waals surface area contributed by atoms with E-state index in [1.807, 2.05) is 24.3 Å². The molecule has 0 saturated carbocycles. The maximum atomic E-state index is 5.99. The molecule has 0 unspecified atom stereocenters. The summed E-state index contributed by atoms with van der Waals surface area (Å²) in [6.45, 7) is 0. The fraction of sp³-hybridized carbons (Fsp3) is 0. The number of aromatic nitrogens is 2. The SMILES string of the molecule is NC(=Nc1ccc2nccc(N)c2c1)/N=C(\N)Nc1ccc2nccc(N)c2c1. The Labute approximate surface area is 166 Å². The van der Waals surface area contributed by atoms with Gasteiger partial charge in [0.2, 0.25) is 11.9 Å². The van der Waals surface area contributed by atoms with Crippen LogP contribution < -0.4 is 28.3 Å². The fourth-order valence-electron chi connectivity index (χ4n) is 2.93. The van der Waals surface area contributed by atoms with Crippen LogP contribution in [0.2, 0.25) is 0 Å². The zero-order valence-electron chi connectivity index (χ0n) is 15.4. The average Bonchev–Trinajstić information content (AvgIpc) is 2.69. The molecule has 0 saturated heterocycles. The third-order valence-electron chi connectivity index (χ3n) is 4.29. The van der Waals surface area contributed by atoms with Crippen LogP contribution in [0.25, 0.3) is 21.8 Å². The van der Waals surface area contributed by atoms with Crippen molar-refractivity contribution in [3.8, 4) is 0 Å². The maximum Gasteiger partial charge on any atom is 0.223 e. The molecule has 4 rings (SSSR count). The van der Waals surface area contributed by atoms with Crippen LogP contribution in [0.5, 0.6) is 0 Å². The highest BCUT2D eigenvalue weighted by atomic mass is 15.2. The van der Waals surface area contributed by atoms with Crippen LogP contribution in [-0.2, 0) is 0 Å². The number of nitrogens with one attached hydrogen (secondary N) is 1. The topological polar surface area (TPSA) is 167 Å². The molecule has 2 aromatic carbocycles. The molecule has 2 heterocycles. The highest BCUT2D eigenvalue weighted by Gasteiger charge is 2.04. The lowest BCUT2D eigenvalue weighted by Crippen LogP contribution is -2.26. The van der Waals surface area contributed by atoms with E-state index in [-0.39, 0.29) is 11.9 Å². The Balaban J connectivity index is 1.57. The summed E-state index contributed by atoms with van der Waals surface area (Å²) in [5, 5.41) is 4.58. The molecule has 0 aliphatic rings. The monoisotopic (exact) mass is 385 g/mol. The van der Waals surface area contributed by atoms with Crippen molar-refractivity contribution in [2.75, 3.05) is 16.8 Å². The molecule has 0 atom stereocenters. The summed E-state index contributed by atoms with van der Waals surface area (Å²) < 4.78 is 0. The van der Waals surface area contributed by atoms with Crippen molar-refractivity contribution in [3.63, 3.8) is 0 Å². The van der Waals surface area contributed by atoms with Crippen LogP contribution in [0.3, 0.4) is 0 Å². The first-order valence-electron chi connectivity index (χ1n) is 8.73. The van der Waals surface area contributed by atoms with Gasteiger partial charge in [0.15, 0.2) is 0 Å². The van der Waals surface area contributed by atoms with Crippen molar-refractivity contribution in [1.29, 1.82) is 0 Å². The molecule has 2 aromatic heterocycles. The Bertz CT molecular complexity index is 1280. The number of aliphatic imine (C=N–C) groups is 2. The quantitative estimate of drug-likeness (QED) is 0.261. The summed E-state index contributed by atoms with van der Waals surface area (Å²) in [5.41, 5.74) is 28.0. The van der Waals surface area contributed by atoms with Gasteiger partial charge in [0, 0.05) is 40.2 Å². The average molecular weight is 385 g/mol. The molecule has 0 spiro atoms. The number of rotatable bonds is 2. The maximum absolute atomic E-state index is 5.99. The van der Waals surface area contributed by atoms with Crippen LogP contribution in [0.15, 0.2) is 70.9 Å². The Morgan fingerprint density at radius 1 is 0.793 bits per heavy atom. The molecule has 9 N–H and O–H groups in total. The van der Waals surface area contributed by atoms with Gasteiger partial charge in [-0.1, -0.05) is 0 Å². The van der Waals surface area contributed by atoms with E-state index in [1.54, 1.807) is 36.7 Å². The highest BCUT2D eigenvalue weighted by molar-refractivity contribution is 6.03. The predicted octanol–water partition coefficient (Wildman–Crippen LogP) is 2.32. The van der Waals surface area contributed by atoms with E-state index < -0.39 is 0 Å². The summed E-state index contributed by atoms with van der Waals surface area (Å²) in [6, 6.07) is 14.4. The minimum absolute atomic E-state index is 0.00113. The van der Waals surface area contributed by atoms with Crippen LogP contribution in [0, 0.1) is 0 Å². The van der Waals surface area contributed by atoms with Crippen LogP contribution in [-0.4, -0.2) is 21.9 Å². The fourth-order valence-corrected chi connectivity index (χ4v) is 2.93. The van der Waals surface area contributed by atoms with E-state index in [0.717, 1.165) is 21.8 Å². The molecule has 0 amide bonds. The molecule has 0 aliphatic carbocycles. The third-order valence-corrected chi connectivity index (χ3v) is 4.29. The summed E-state index contributed by atoms with van der Waals surface area (Å²) >= 11 is 0. The van der Waals surface area contributed by atoms with Crippen molar-refractivity contribution >= 4 is 56.5 Å². The van der Waals surface area contributed by atoms with Gasteiger partial charge in [0.25, 0.3) is 0 Å². The Hall–Kier alpha value is -4.40. The minimum atomic E-state index is -0.00113. The van der Waals surface area contributed by atoms with E-state index in [2.05, 4.69) is 25.3 Å². The predicted molar refractivity (Wildman–Crippen MR) is 119 cm³/mol. The molecule has 144 valence electrons. The molecule has 4 aromatic rings. The first kappa shape index (κ1) is 18.0. The van der Waals surface area contributed by atoms with Gasteiger partial charge in [-0.3, -0.25) is 9.97 Å². The molecule has 29 heavy (non-hydrogen) atoms. The second-order valence-electron chi connectivity index (χ2n) is 6.33. The lowest BCUT2D eigenvalue weighted by atomic mass is 10.1. The number of guanidine groups is 2. The zero-order chi connectivity index (χ0) is 20.4. The van der Waals surface area contributed by atoms with Crippen molar-refractivity contribution < 1.29 is 0 Å². The van der Waals surface area contributed by atoms with Crippen LogP contribution >= 0.6 is 0 Å². The number of nitrogens with zero attached hydrogens (tertiary/aromatic N) is 4. The molecule has 0 aliphatic heterocycles. The Kier molecular flexibility index (Phi) is 4.54. The summed E-state index contributed by atoms with van der Waals surface area (Å²) in [5.74, 6) is 0.0915. The molecule has 9 heteroatoms. The van der Waals surface area contributed by atoms with Gasteiger partial charge in [-0.25, -0.2) is 4.99 Å². The van der Waals surface area contributed by atoms with E-state index in [4.69, 9.17) is 22.9 Å². The molecular formula is C20H19N9. The number of anilines is 3. The van der Waals surface area contributed by atoms with Gasteiger partial charge in [-0.05, 0) is 48.5 Å². The molecule has 0 bridgehead atoms. The second kappa shape index (κ2) is 7.31. The number of benzene rings is 2. The largest absolute Gasteiger partial charge is 0.398 e. The van der Waals surface area contributed by atoms with E-state index in [0.29, 0.717) is 22.7 Å². The zero-order valence-corrected chi connectivity index (χ0v) is 15.4. The second-order valence-corrected chi connectivity index (χ2v) is 6.33. The summed E-state index contributed by atoms with van der Waals surface area (Å²) in [7, 11) is 0. The van der Waals surface area contributed by atoms with Crippen molar-refractivity contribution in [1.82, 2.24) is 9.97 Å². The van der Waals surface area contributed by atoms with Gasteiger partial charge in [-0.15, -0.1) is 0 Å². The van der Waals surface area contributed by atoms with E-state index >= 15 is 0 Å². The lowest BCUT2D eigenvalue weighted by Gasteiger charge is -2.08. The van der Waals surface area contributed by atoms with Gasteiger partial charge >= 0.3 is 0 Å². The normalized spacial score (nSPS) is 12.4. The number of pyridine rings is 2. The standard InChI is InChI=1S/C20H19N9/c21-15-5-7-25-17-3-1-11(9-13(15)17)27-19(23)29-20(24)28-12-2-4-18-14(10-12)16(22)6-8-26-18/h1-10H,(H2,21,25)(H2,22,26)(H5,23,24,27,28,29). The molecular weight excluding hydrogens is 366 g/mol. The van der Waals surface area contributed by atoms with E-state index in [1.165, 1.54) is 0 Å². The van der Waals surface area contributed by atoms with Gasteiger partial charge in [-0.2, -0.15) is 4.99 Å². The van der Waals surface area contributed by atoms with Crippen LogP contribution in [0.1, 0.15) is 0 Å². The number of hydrogen-bond donors (Lipinski definition) is 5. The van der Waals surface area contributed by atoms with Gasteiger partial charge < -0.3 is 28.3 Å². The van der Waals surface area contributed by atoms with Crippen molar-refractivity contribution in [2.45, 2.75) is 0 Å². The van der Waals surface area contributed by atoms with Gasteiger partial charge in [0.1, 0.15) is 0 Å². The number of fused-ring (bicyclic) bond motifs is 2. The summed E-state index contributed by atoms with van der Waals surface area (Å²) in [4.78, 5) is 16.9.